The maximum absolute atomic E-state index is 13.9. The Morgan fingerprint density at radius 2 is 1.81 bits per heavy atom. The van der Waals surface area contributed by atoms with E-state index < -0.39 is 29.3 Å². The molecule has 2 aromatic carbocycles. The smallest absolute Gasteiger partial charge is 0.227 e. The third-order valence-corrected chi connectivity index (χ3v) is 4.68. The molecule has 0 radical (unpaired) electrons. The van der Waals surface area contributed by atoms with Crippen LogP contribution in [0, 0.1) is 23.4 Å². The number of amides is 2. The van der Waals surface area contributed by atoms with Crippen molar-refractivity contribution >= 4 is 29.1 Å². The molecular formula is C19H16ClF3N2O2. The second kappa shape index (κ2) is 8.00. The van der Waals surface area contributed by atoms with Crippen LogP contribution in [-0.2, 0) is 16.0 Å². The summed E-state index contributed by atoms with van der Waals surface area (Å²) in [5, 5.41) is 3.36. The molecule has 1 saturated heterocycles. The molecule has 1 aliphatic heterocycles. The van der Waals surface area contributed by atoms with Crippen LogP contribution in [0.1, 0.15) is 12.0 Å². The van der Waals surface area contributed by atoms with Gasteiger partial charge in [0.05, 0.1) is 11.6 Å². The number of hydrogen-bond donors (Lipinski definition) is 1. The fourth-order valence-corrected chi connectivity index (χ4v) is 3.09. The van der Waals surface area contributed by atoms with Gasteiger partial charge in [0, 0.05) is 24.5 Å². The number of nitrogens with zero attached hydrogens (tertiary/aromatic N) is 1. The van der Waals surface area contributed by atoms with E-state index in [4.69, 9.17) is 11.6 Å². The molecule has 0 bridgehead atoms. The topological polar surface area (TPSA) is 49.4 Å². The Kier molecular flexibility index (Phi) is 5.70. The summed E-state index contributed by atoms with van der Waals surface area (Å²) in [7, 11) is 0. The fraction of sp³-hybridized carbons (Fsp3) is 0.263. The minimum absolute atomic E-state index is 0.0897. The average Bonchev–Trinajstić information content (AvgIpc) is 3.03. The summed E-state index contributed by atoms with van der Waals surface area (Å²) in [4.78, 5) is 25.4. The minimum Gasteiger partial charge on any atom is -0.355 e. The third kappa shape index (κ3) is 4.24. The first-order valence-electron chi connectivity index (χ1n) is 8.33. The van der Waals surface area contributed by atoms with Crippen molar-refractivity contribution in [1.82, 2.24) is 5.32 Å². The van der Waals surface area contributed by atoms with Gasteiger partial charge in [0.1, 0.15) is 0 Å². The van der Waals surface area contributed by atoms with E-state index in [2.05, 4.69) is 5.32 Å². The molecule has 0 aromatic heterocycles. The van der Waals surface area contributed by atoms with Crippen LogP contribution in [0.5, 0.6) is 0 Å². The number of rotatable bonds is 5. The largest absolute Gasteiger partial charge is 0.355 e. The van der Waals surface area contributed by atoms with E-state index in [1.807, 2.05) is 12.1 Å². The molecule has 3 rings (SSSR count). The van der Waals surface area contributed by atoms with Crippen molar-refractivity contribution < 1.29 is 22.8 Å². The molecule has 1 heterocycles. The van der Waals surface area contributed by atoms with Gasteiger partial charge < -0.3 is 10.2 Å². The van der Waals surface area contributed by atoms with Crippen LogP contribution in [0.3, 0.4) is 0 Å². The quantitative estimate of drug-likeness (QED) is 0.787. The molecule has 142 valence electrons. The van der Waals surface area contributed by atoms with Crippen molar-refractivity contribution in [1.29, 1.82) is 0 Å². The molecule has 1 atom stereocenters. The Hall–Kier alpha value is -2.54. The van der Waals surface area contributed by atoms with Gasteiger partial charge in [-0.15, -0.1) is 0 Å². The van der Waals surface area contributed by atoms with E-state index >= 15 is 0 Å². The van der Waals surface area contributed by atoms with Crippen LogP contribution < -0.4 is 10.2 Å². The second-order valence-corrected chi connectivity index (χ2v) is 6.70. The Morgan fingerprint density at radius 3 is 2.52 bits per heavy atom. The van der Waals surface area contributed by atoms with Gasteiger partial charge >= 0.3 is 0 Å². The lowest BCUT2D eigenvalue weighted by Gasteiger charge is -2.18. The van der Waals surface area contributed by atoms with Crippen molar-refractivity contribution in [2.45, 2.75) is 12.8 Å². The lowest BCUT2D eigenvalue weighted by Crippen LogP contribution is -2.34. The zero-order valence-corrected chi connectivity index (χ0v) is 14.9. The number of carbonyl (C=O) groups excluding carboxylic acids is 2. The third-order valence-electron chi connectivity index (χ3n) is 4.43. The molecule has 1 N–H and O–H groups in total. The highest BCUT2D eigenvalue weighted by Crippen LogP contribution is 2.29. The number of carbonyl (C=O) groups is 2. The number of nitrogens with one attached hydrogen (secondary N) is 1. The molecule has 0 saturated carbocycles. The predicted octanol–water partition coefficient (Wildman–Crippen LogP) is 3.47. The molecule has 0 spiro atoms. The van der Waals surface area contributed by atoms with E-state index in [1.54, 1.807) is 12.1 Å². The van der Waals surface area contributed by atoms with Crippen LogP contribution in [0.2, 0.25) is 5.02 Å². The first-order valence-corrected chi connectivity index (χ1v) is 8.70. The van der Waals surface area contributed by atoms with Gasteiger partial charge in [0.15, 0.2) is 17.5 Å². The van der Waals surface area contributed by atoms with E-state index in [0.29, 0.717) is 18.0 Å². The normalized spacial score (nSPS) is 16.7. The number of benzene rings is 2. The Balaban J connectivity index is 1.59. The van der Waals surface area contributed by atoms with Gasteiger partial charge in [-0.2, -0.15) is 0 Å². The van der Waals surface area contributed by atoms with Crippen LogP contribution in [0.4, 0.5) is 18.9 Å². The summed E-state index contributed by atoms with van der Waals surface area (Å²) in [6, 6.07) is 8.94. The maximum Gasteiger partial charge on any atom is 0.227 e. The van der Waals surface area contributed by atoms with E-state index in [9.17, 15) is 22.8 Å². The molecule has 0 aliphatic carbocycles. The summed E-state index contributed by atoms with van der Waals surface area (Å²) in [6.45, 7) is 0.276. The standard InChI is InChI=1S/C19H16ClF3N2O2/c20-13-3-1-11(2-4-13)7-8-24-19(27)12-9-16(26)25(10-12)15-6-5-14(21)17(22)18(15)23/h1-6,12H,7-10H2,(H,24,27). The van der Waals surface area contributed by atoms with Crippen LogP contribution in [0.15, 0.2) is 36.4 Å². The molecule has 27 heavy (non-hydrogen) atoms. The highest BCUT2D eigenvalue weighted by atomic mass is 35.5. The predicted molar refractivity (Wildman–Crippen MR) is 94.9 cm³/mol. The van der Waals surface area contributed by atoms with Crippen LogP contribution >= 0.6 is 11.6 Å². The van der Waals surface area contributed by atoms with Gasteiger partial charge in [-0.05, 0) is 36.2 Å². The number of halogens is 4. The molecule has 1 fully saturated rings. The zero-order chi connectivity index (χ0) is 19.6. The van der Waals surface area contributed by atoms with E-state index in [-0.39, 0.29) is 24.6 Å². The molecule has 2 aromatic rings. The molecule has 1 aliphatic rings. The lowest BCUT2D eigenvalue weighted by molar-refractivity contribution is -0.126. The summed E-state index contributed by atoms with van der Waals surface area (Å²) in [5.41, 5.74) is 0.628. The molecular weight excluding hydrogens is 381 g/mol. The zero-order valence-electron chi connectivity index (χ0n) is 14.1. The van der Waals surface area contributed by atoms with Crippen molar-refractivity contribution in [3.63, 3.8) is 0 Å². The van der Waals surface area contributed by atoms with E-state index in [0.717, 1.165) is 22.6 Å². The summed E-state index contributed by atoms with van der Waals surface area (Å²) in [5.74, 6) is -5.96. The van der Waals surface area contributed by atoms with Gasteiger partial charge in [-0.25, -0.2) is 13.2 Å². The summed E-state index contributed by atoms with van der Waals surface area (Å²) >= 11 is 5.81. The van der Waals surface area contributed by atoms with Gasteiger partial charge in [-0.3, -0.25) is 9.59 Å². The monoisotopic (exact) mass is 396 g/mol. The van der Waals surface area contributed by atoms with Gasteiger partial charge in [0.2, 0.25) is 11.8 Å². The fourth-order valence-electron chi connectivity index (χ4n) is 2.97. The maximum atomic E-state index is 13.9. The Bertz CT molecular complexity index is 874. The second-order valence-electron chi connectivity index (χ2n) is 6.27. The highest BCUT2D eigenvalue weighted by molar-refractivity contribution is 6.30. The SMILES string of the molecule is O=C(NCCc1ccc(Cl)cc1)C1CC(=O)N(c2ccc(F)c(F)c2F)C1. The number of anilines is 1. The molecule has 1 unspecified atom stereocenters. The Morgan fingerprint density at radius 1 is 1.11 bits per heavy atom. The van der Waals surface area contributed by atoms with Gasteiger partial charge in [-0.1, -0.05) is 23.7 Å². The highest BCUT2D eigenvalue weighted by Gasteiger charge is 2.36. The van der Waals surface area contributed by atoms with Crippen molar-refractivity contribution in [3.8, 4) is 0 Å². The molecule has 4 nitrogen and oxygen atoms in total. The number of hydrogen-bond acceptors (Lipinski definition) is 2. The van der Waals surface area contributed by atoms with Crippen LogP contribution in [-0.4, -0.2) is 24.9 Å². The average molecular weight is 397 g/mol. The first-order chi connectivity index (χ1) is 12.9. The minimum atomic E-state index is -1.64. The Labute approximate surface area is 158 Å². The summed E-state index contributed by atoms with van der Waals surface area (Å²) < 4.78 is 40.4. The van der Waals surface area contributed by atoms with Crippen molar-refractivity contribution in [3.05, 3.63) is 64.4 Å². The van der Waals surface area contributed by atoms with E-state index in [1.165, 1.54) is 0 Å². The van der Waals surface area contributed by atoms with Crippen molar-refractivity contribution in [2.24, 2.45) is 5.92 Å². The first kappa shape index (κ1) is 19.2. The van der Waals surface area contributed by atoms with Crippen LogP contribution in [0.25, 0.3) is 0 Å². The molecule has 8 heteroatoms. The van der Waals surface area contributed by atoms with Gasteiger partial charge in [0.25, 0.3) is 0 Å². The summed E-state index contributed by atoms with van der Waals surface area (Å²) in [6.07, 6.45) is 0.469. The molecule has 2 amide bonds. The lowest BCUT2D eigenvalue weighted by atomic mass is 10.1. The van der Waals surface area contributed by atoms with Crippen molar-refractivity contribution in [2.75, 3.05) is 18.0 Å².